The Bertz CT molecular complexity index is 1140. The van der Waals surface area contributed by atoms with E-state index < -0.39 is 0 Å². The third-order valence-electron chi connectivity index (χ3n) is 6.53. The number of aromatic nitrogens is 2. The van der Waals surface area contributed by atoms with Gasteiger partial charge in [0.1, 0.15) is 10.7 Å². The van der Waals surface area contributed by atoms with Gasteiger partial charge in [-0.25, -0.2) is 4.98 Å². The molecule has 3 aromatic rings. The van der Waals surface area contributed by atoms with Crippen LogP contribution in [-0.4, -0.2) is 40.0 Å². The third-order valence-corrected chi connectivity index (χ3v) is 8.68. The lowest BCUT2D eigenvalue weighted by atomic mass is 10.2. The number of hydrogen-bond donors (Lipinski definition) is 1. The molecule has 3 aromatic heterocycles. The van der Waals surface area contributed by atoms with E-state index in [1.807, 2.05) is 11.5 Å². The van der Waals surface area contributed by atoms with Crippen molar-refractivity contribution in [2.24, 2.45) is 0 Å². The molecule has 2 aliphatic heterocycles. The van der Waals surface area contributed by atoms with E-state index >= 15 is 0 Å². The second kappa shape index (κ2) is 8.84. The summed E-state index contributed by atoms with van der Waals surface area (Å²) < 4.78 is 1.83. The molecular formula is C23H28N4O2S2. The molecule has 0 aliphatic carbocycles. The number of carbonyl (C=O) groups is 1. The van der Waals surface area contributed by atoms with Crippen LogP contribution in [0, 0.1) is 6.92 Å². The number of nitrogens with one attached hydrogen (secondary N) is 1. The van der Waals surface area contributed by atoms with Gasteiger partial charge in [0.15, 0.2) is 0 Å². The summed E-state index contributed by atoms with van der Waals surface area (Å²) in [6, 6.07) is 4.44. The number of nitrogens with zero attached hydrogens (tertiary/aromatic N) is 3. The van der Waals surface area contributed by atoms with Gasteiger partial charge >= 0.3 is 0 Å². The second-order valence-corrected chi connectivity index (χ2v) is 10.5. The van der Waals surface area contributed by atoms with E-state index in [9.17, 15) is 9.59 Å². The highest BCUT2D eigenvalue weighted by Crippen LogP contribution is 2.30. The number of likely N-dealkylation sites (tertiary alicyclic amines) is 1. The molecule has 0 radical (unpaired) electrons. The maximum Gasteiger partial charge on any atom is 0.262 e. The van der Waals surface area contributed by atoms with E-state index in [4.69, 9.17) is 4.98 Å². The zero-order chi connectivity index (χ0) is 21.4. The van der Waals surface area contributed by atoms with Gasteiger partial charge in [-0.2, -0.15) is 0 Å². The van der Waals surface area contributed by atoms with E-state index in [-0.39, 0.29) is 17.5 Å². The first-order chi connectivity index (χ1) is 15.1. The first-order valence-electron chi connectivity index (χ1n) is 11.2. The Morgan fingerprint density at radius 3 is 2.77 bits per heavy atom. The molecule has 0 saturated carbocycles. The Kier molecular flexibility index (Phi) is 5.95. The summed E-state index contributed by atoms with van der Waals surface area (Å²) in [6.45, 7) is 5.35. The first kappa shape index (κ1) is 20.8. The molecule has 1 amide bonds. The van der Waals surface area contributed by atoms with Crippen molar-refractivity contribution in [1.29, 1.82) is 0 Å². The number of thiophene rings is 2. The zero-order valence-corrected chi connectivity index (χ0v) is 19.5. The topological polar surface area (TPSA) is 67.2 Å². The Morgan fingerprint density at radius 1 is 1.19 bits per heavy atom. The fraction of sp³-hybridized carbons (Fsp3) is 0.522. The normalized spacial score (nSPS) is 18.1. The van der Waals surface area contributed by atoms with Gasteiger partial charge in [0, 0.05) is 24.4 Å². The van der Waals surface area contributed by atoms with Crippen LogP contribution in [0.5, 0.6) is 0 Å². The van der Waals surface area contributed by atoms with Crippen LogP contribution in [0.25, 0.3) is 10.2 Å². The summed E-state index contributed by atoms with van der Waals surface area (Å²) in [5.74, 6) is 0.774. The first-order valence-corrected chi connectivity index (χ1v) is 12.9. The molecular weight excluding hydrogens is 428 g/mol. The van der Waals surface area contributed by atoms with Crippen molar-refractivity contribution in [3.63, 3.8) is 0 Å². The predicted molar refractivity (Wildman–Crippen MR) is 126 cm³/mol. The average molecular weight is 457 g/mol. The molecule has 0 aromatic carbocycles. The standard InChI is InChI=1S/C23H28N4O2S2/c1-15-19-22(25-18-9-3-2-4-12-27(18)23(19)29)31-20(15)21(28)24-14-16(17-8-7-13-30-17)26-10-5-6-11-26/h7-8,13,16H,2-6,9-12,14H2,1H3,(H,24,28). The number of rotatable bonds is 5. The molecule has 0 spiro atoms. The fourth-order valence-corrected chi connectivity index (χ4v) is 6.81. The lowest BCUT2D eigenvalue weighted by molar-refractivity contribution is 0.0942. The second-order valence-electron chi connectivity index (χ2n) is 8.52. The van der Waals surface area contributed by atoms with Crippen LogP contribution in [-0.2, 0) is 13.0 Å². The summed E-state index contributed by atoms with van der Waals surface area (Å²) in [7, 11) is 0. The largest absolute Gasteiger partial charge is 0.349 e. The van der Waals surface area contributed by atoms with E-state index in [1.165, 1.54) is 29.1 Å². The van der Waals surface area contributed by atoms with Gasteiger partial charge < -0.3 is 5.32 Å². The van der Waals surface area contributed by atoms with E-state index in [2.05, 4.69) is 27.7 Å². The molecule has 1 saturated heterocycles. The highest BCUT2D eigenvalue weighted by molar-refractivity contribution is 7.20. The Hall–Kier alpha value is -2.03. The summed E-state index contributed by atoms with van der Waals surface area (Å²) in [6.07, 6.45) is 6.47. The number of fused-ring (bicyclic) bond motifs is 2. The lowest BCUT2D eigenvalue weighted by Crippen LogP contribution is -2.36. The van der Waals surface area contributed by atoms with Crippen LogP contribution in [0.1, 0.15) is 64.1 Å². The molecule has 164 valence electrons. The summed E-state index contributed by atoms with van der Waals surface area (Å²) in [4.78, 5) is 36.2. The van der Waals surface area contributed by atoms with Crippen molar-refractivity contribution in [2.75, 3.05) is 19.6 Å². The minimum atomic E-state index is -0.0964. The molecule has 5 rings (SSSR count). The minimum Gasteiger partial charge on any atom is -0.349 e. The molecule has 5 heterocycles. The molecule has 6 nitrogen and oxygen atoms in total. The van der Waals surface area contributed by atoms with E-state index in [1.54, 1.807) is 11.3 Å². The molecule has 0 bridgehead atoms. The summed E-state index contributed by atoms with van der Waals surface area (Å²) in [5.41, 5.74) is 0.784. The summed E-state index contributed by atoms with van der Waals surface area (Å²) >= 11 is 3.11. The zero-order valence-electron chi connectivity index (χ0n) is 17.9. The van der Waals surface area contributed by atoms with Crippen LogP contribution in [0.4, 0.5) is 0 Å². The minimum absolute atomic E-state index is 0.0169. The molecule has 1 atom stereocenters. The van der Waals surface area contributed by atoms with Crippen LogP contribution >= 0.6 is 22.7 Å². The van der Waals surface area contributed by atoms with Gasteiger partial charge in [0.2, 0.25) is 0 Å². The number of aryl methyl sites for hydroxylation is 2. The maximum atomic E-state index is 13.2. The van der Waals surface area contributed by atoms with Crippen molar-refractivity contribution >= 4 is 38.8 Å². The Balaban J connectivity index is 1.41. The smallest absolute Gasteiger partial charge is 0.262 e. The van der Waals surface area contributed by atoms with Crippen molar-refractivity contribution < 1.29 is 4.79 Å². The fourth-order valence-electron chi connectivity index (χ4n) is 4.84. The van der Waals surface area contributed by atoms with Gasteiger partial charge in [-0.15, -0.1) is 22.7 Å². The van der Waals surface area contributed by atoms with Crippen molar-refractivity contribution in [3.8, 4) is 0 Å². The van der Waals surface area contributed by atoms with Gasteiger partial charge in [0.05, 0.1) is 16.3 Å². The van der Waals surface area contributed by atoms with E-state index in [0.29, 0.717) is 21.6 Å². The van der Waals surface area contributed by atoms with Crippen LogP contribution < -0.4 is 10.9 Å². The van der Waals surface area contributed by atoms with Crippen molar-refractivity contribution in [2.45, 2.75) is 58.0 Å². The number of carbonyl (C=O) groups excluding carboxylic acids is 1. The molecule has 1 unspecified atom stereocenters. The molecule has 1 N–H and O–H groups in total. The number of amides is 1. The van der Waals surface area contributed by atoms with Crippen LogP contribution in [0.3, 0.4) is 0 Å². The molecule has 1 fully saturated rings. The van der Waals surface area contributed by atoms with Gasteiger partial charge in [-0.3, -0.25) is 19.1 Å². The summed E-state index contributed by atoms with van der Waals surface area (Å²) in [5, 5.41) is 5.88. The van der Waals surface area contributed by atoms with Crippen LogP contribution in [0.15, 0.2) is 22.3 Å². The molecule has 2 aliphatic rings. The highest BCUT2D eigenvalue weighted by Gasteiger charge is 2.26. The van der Waals surface area contributed by atoms with Crippen molar-refractivity contribution in [1.82, 2.24) is 19.8 Å². The monoisotopic (exact) mass is 456 g/mol. The van der Waals surface area contributed by atoms with Crippen molar-refractivity contribution in [3.05, 3.63) is 49.0 Å². The van der Waals surface area contributed by atoms with Gasteiger partial charge in [-0.05, 0) is 62.7 Å². The maximum absolute atomic E-state index is 13.2. The number of hydrogen-bond acceptors (Lipinski definition) is 6. The third kappa shape index (κ3) is 3.97. The van der Waals surface area contributed by atoms with Crippen LogP contribution in [0.2, 0.25) is 0 Å². The quantitative estimate of drug-likeness (QED) is 0.627. The SMILES string of the molecule is Cc1c(C(=O)NCC(c2cccs2)N2CCCC2)sc2nc3n(c(=O)c12)CCCCC3. The predicted octanol–water partition coefficient (Wildman–Crippen LogP) is 4.12. The lowest BCUT2D eigenvalue weighted by Gasteiger charge is -2.26. The van der Waals surface area contributed by atoms with Gasteiger partial charge in [0.25, 0.3) is 11.5 Å². The molecule has 31 heavy (non-hydrogen) atoms. The molecule has 8 heteroatoms. The average Bonchev–Trinajstić information content (AvgIpc) is 3.49. The highest BCUT2D eigenvalue weighted by atomic mass is 32.1. The Labute approximate surface area is 189 Å². The van der Waals surface area contributed by atoms with Gasteiger partial charge in [-0.1, -0.05) is 12.5 Å². The van der Waals surface area contributed by atoms with E-state index in [0.717, 1.165) is 56.7 Å². The Morgan fingerprint density at radius 2 is 2.00 bits per heavy atom.